The van der Waals surface area contributed by atoms with Crippen molar-refractivity contribution in [2.24, 2.45) is 0 Å². The van der Waals surface area contributed by atoms with Crippen LogP contribution in [0.4, 0.5) is 4.39 Å². The molecule has 1 atom stereocenters. The van der Waals surface area contributed by atoms with E-state index in [1.165, 1.54) is 0 Å². The molecule has 3 heterocycles. The van der Waals surface area contributed by atoms with Gasteiger partial charge in [-0.15, -0.1) is 0 Å². The van der Waals surface area contributed by atoms with E-state index in [-0.39, 0.29) is 0 Å². The maximum Gasteiger partial charge on any atom is 0.282 e. The van der Waals surface area contributed by atoms with Gasteiger partial charge in [0.2, 0.25) is 0 Å². The highest BCUT2D eigenvalue weighted by molar-refractivity contribution is 5.91. The predicted molar refractivity (Wildman–Crippen MR) is 63.5 cm³/mol. The van der Waals surface area contributed by atoms with Crippen LogP contribution in [0.1, 0.15) is 12.1 Å². The minimum Gasteiger partial charge on any atom is -0.378 e. The van der Waals surface area contributed by atoms with E-state index in [1.54, 1.807) is 4.90 Å². The molecule has 2 aliphatic rings. The first-order valence-electron chi connectivity index (χ1n) is 6.05. The van der Waals surface area contributed by atoms with Crippen LogP contribution in [0.3, 0.4) is 0 Å². The van der Waals surface area contributed by atoms with Crippen LogP contribution in [0.5, 0.6) is 0 Å². The zero-order valence-corrected chi connectivity index (χ0v) is 10.1. The third-order valence-corrected chi connectivity index (χ3v) is 3.87. The van der Waals surface area contributed by atoms with Gasteiger partial charge in [-0.2, -0.15) is 0 Å². The number of aromatic nitrogens is 1. The van der Waals surface area contributed by atoms with Crippen molar-refractivity contribution >= 4 is 5.91 Å². The van der Waals surface area contributed by atoms with E-state index in [9.17, 15) is 9.18 Å². The summed E-state index contributed by atoms with van der Waals surface area (Å²) in [4.78, 5) is 13.6. The molecule has 0 saturated carbocycles. The molecular formula is C13H15FN2O2. The molecule has 0 aliphatic carbocycles. The molecule has 0 radical (unpaired) electrons. The molecule has 2 aliphatic heterocycles. The lowest BCUT2D eigenvalue weighted by Crippen LogP contribution is -2.55. The van der Waals surface area contributed by atoms with E-state index in [1.807, 2.05) is 18.3 Å². The van der Waals surface area contributed by atoms with Crippen molar-refractivity contribution in [1.29, 1.82) is 0 Å². The van der Waals surface area contributed by atoms with Crippen LogP contribution in [0.25, 0.3) is 0 Å². The fraction of sp³-hybridized carbons (Fsp3) is 0.462. The molecule has 1 aromatic rings. The van der Waals surface area contributed by atoms with Gasteiger partial charge in [-0.3, -0.25) is 4.79 Å². The number of hydrogen-bond donors (Lipinski definition) is 0. The number of hydrogen-bond acceptors (Lipinski definition) is 2. The third-order valence-electron chi connectivity index (χ3n) is 3.87. The average Bonchev–Trinajstić information content (AvgIpc) is 2.98. The number of rotatable bonds is 1. The first-order valence-corrected chi connectivity index (χ1v) is 6.05. The Morgan fingerprint density at radius 1 is 1.50 bits per heavy atom. The van der Waals surface area contributed by atoms with Crippen LogP contribution in [0.2, 0.25) is 0 Å². The Bertz CT molecular complexity index is 503. The molecule has 0 bridgehead atoms. The van der Waals surface area contributed by atoms with Gasteiger partial charge in [0, 0.05) is 38.0 Å². The van der Waals surface area contributed by atoms with Crippen LogP contribution < -0.4 is 0 Å². The second-order valence-electron chi connectivity index (χ2n) is 4.78. The smallest absolute Gasteiger partial charge is 0.282 e. The second kappa shape index (κ2) is 3.95. The average molecular weight is 250 g/mol. The van der Waals surface area contributed by atoms with Crippen molar-refractivity contribution in [3.8, 4) is 0 Å². The largest absolute Gasteiger partial charge is 0.378 e. The number of carbonyl (C=O) groups is 1. The summed E-state index contributed by atoms with van der Waals surface area (Å²) in [7, 11) is 0. The summed E-state index contributed by atoms with van der Waals surface area (Å²) in [6, 6.07) is 3.93. The monoisotopic (exact) mass is 250 g/mol. The SMILES string of the molecule is C=C(F)C(=O)N1CCn2cccc2C12CCOC2. The van der Waals surface area contributed by atoms with Crippen LogP contribution in [-0.2, 0) is 21.6 Å². The van der Waals surface area contributed by atoms with Gasteiger partial charge in [0.1, 0.15) is 5.54 Å². The lowest BCUT2D eigenvalue weighted by Gasteiger charge is -2.44. The molecule has 3 rings (SSSR count). The highest BCUT2D eigenvalue weighted by atomic mass is 19.1. The van der Waals surface area contributed by atoms with E-state index < -0.39 is 17.3 Å². The van der Waals surface area contributed by atoms with Crippen molar-refractivity contribution in [1.82, 2.24) is 9.47 Å². The number of amides is 1. The number of fused-ring (bicyclic) bond motifs is 2. The van der Waals surface area contributed by atoms with Crippen molar-refractivity contribution < 1.29 is 13.9 Å². The van der Waals surface area contributed by atoms with Gasteiger partial charge in [0.05, 0.1) is 6.61 Å². The minimum atomic E-state index is -0.902. The molecule has 1 unspecified atom stereocenters. The zero-order valence-electron chi connectivity index (χ0n) is 10.1. The first kappa shape index (κ1) is 11.5. The summed E-state index contributed by atoms with van der Waals surface area (Å²) in [6.45, 7) is 5.32. The van der Waals surface area contributed by atoms with E-state index in [2.05, 4.69) is 11.1 Å². The quantitative estimate of drug-likeness (QED) is 0.707. The van der Waals surface area contributed by atoms with Gasteiger partial charge in [-0.05, 0) is 12.1 Å². The highest BCUT2D eigenvalue weighted by Gasteiger charge is 2.48. The van der Waals surface area contributed by atoms with Gasteiger partial charge >= 0.3 is 0 Å². The topological polar surface area (TPSA) is 34.5 Å². The van der Waals surface area contributed by atoms with Crippen LogP contribution in [-0.4, -0.2) is 35.1 Å². The lowest BCUT2D eigenvalue weighted by molar-refractivity contribution is -0.137. The Balaban J connectivity index is 2.07. The minimum absolute atomic E-state index is 0.427. The zero-order chi connectivity index (χ0) is 12.8. The standard InChI is InChI=1S/C13H15FN2O2/c1-10(14)12(17)16-7-6-15-5-2-3-11(15)13(16)4-8-18-9-13/h2-3,5H,1,4,6-9H2. The Morgan fingerprint density at radius 3 is 3.00 bits per heavy atom. The fourth-order valence-corrected chi connectivity index (χ4v) is 3.00. The van der Waals surface area contributed by atoms with E-state index in [0.29, 0.717) is 32.7 Å². The molecule has 1 spiro atoms. The maximum atomic E-state index is 13.2. The normalized spacial score (nSPS) is 26.4. The summed E-state index contributed by atoms with van der Waals surface area (Å²) in [6.07, 6.45) is 2.69. The molecule has 18 heavy (non-hydrogen) atoms. The summed E-state index contributed by atoms with van der Waals surface area (Å²) >= 11 is 0. The predicted octanol–water partition coefficient (Wildman–Crippen LogP) is 1.43. The Labute approximate surface area is 105 Å². The van der Waals surface area contributed by atoms with Crippen molar-refractivity contribution in [3.63, 3.8) is 0 Å². The van der Waals surface area contributed by atoms with E-state index in [4.69, 9.17) is 4.74 Å². The van der Waals surface area contributed by atoms with E-state index in [0.717, 1.165) is 5.69 Å². The molecule has 5 heteroatoms. The molecule has 0 aromatic carbocycles. The van der Waals surface area contributed by atoms with Gasteiger partial charge in [-0.1, -0.05) is 6.58 Å². The van der Waals surface area contributed by atoms with Crippen LogP contribution in [0, 0.1) is 0 Å². The number of ether oxygens (including phenoxy) is 1. The molecule has 1 fully saturated rings. The Kier molecular flexibility index (Phi) is 2.52. The molecule has 1 aromatic heterocycles. The van der Waals surface area contributed by atoms with Gasteiger partial charge < -0.3 is 14.2 Å². The molecular weight excluding hydrogens is 235 g/mol. The second-order valence-corrected chi connectivity index (χ2v) is 4.78. The van der Waals surface area contributed by atoms with Crippen LogP contribution >= 0.6 is 0 Å². The van der Waals surface area contributed by atoms with Gasteiger partial charge in [0.25, 0.3) is 5.91 Å². The Morgan fingerprint density at radius 2 is 2.33 bits per heavy atom. The molecule has 0 N–H and O–H groups in total. The number of carbonyl (C=O) groups excluding carboxylic acids is 1. The highest BCUT2D eigenvalue weighted by Crippen LogP contribution is 2.40. The molecule has 96 valence electrons. The summed E-state index contributed by atoms with van der Waals surface area (Å²) in [5, 5.41) is 0. The fourth-order valence-electron chi connectivity index (χ4n) is 3.00. The van der Waals surface area contributed by atoms with Crippen molar-refractivity contribution in [3.05, 3.63) is 36.4 Å². The van der Waals surface area contributed by atoms with Gasteiger partial charge in [0.15, 0.2) is 5.83 Å². The van der Waals surface area contributed by atoms with Crippen molar-refractivity contribution in [2.75, 3.05) is 19.8 Å². The van der Waals surface area contributed by atoms with E-state index >= 15 is 0 Å². The molecule has 1 saturated heterocycles. The summed E-state index contributed by atoms with van der Waals surface area (Å²) < 4.78 is 20.8. The summed E-state index contributed by atoms with van der Waals surface area (Å²) in [5.41, 5.74) is 0.509. The van der Waals surface area contributed by atoms with Crippen LogP contribution in [0.15, 0.2) is 30.7 Å². The number of nitrogens with zero attached hydrogens (tertiary/aromatic N) is 2. The van der Waals surface area contributed by atoms with Crippen molar-refractivity contribution in [2.45, 2.75) is 18.5 Å². The molecule has 4 nitrogen and oxygen atoms in total. The van der Waals surface area contributed by atoms with Gasteiger partial charge in [-0.25, -0.2) is 4.39 Å². The lowest BCUT2D eigenvalue weighted by atomic mass is 9.89. The number of halogens is 1. The maximum absolute atomic E-state index is 13.2. The Hall–Kier alpha value is -1.62. The first-order chi connectivity index (χ1) is 8.65. The molecule has 1 amide bonds. The summed E-state index contributed by atoms with van der Waals surface area (Å²) in [5.74, 6) is -1.52. The third kappa shape index (κ3) is 1.43.